The van der Waals surface area contributed by atoms with Crippen LogP contribution < -0.4 is 10.0 Å². The van der Waals surface area contributed by atoms with Crippen LogP contribution >= 0.6 is 27.5 Å². The summed E-state index contributed by atoms with van der Waals surface area (Å²) in [6, 6.07) is 11.2. The molecule has 1 atom stereocenters. The van der Waals surface area contributed by atoms with Crippen molar-refractivity contribution in [3.8, 4) is 0 Å². The lowest BCUT2D eigenvalue weighted by molar-refractivity contribution is 0.102. The van der Waals surface area contributed by atoms with E-state index in [1.54, 1.807) is 24.3 Å². The fourth-order valence-corrected chi connectivity index (χ4v) is 4.53. The van der Waals surface area contributed by atoms with E-state index in [2.05, 4.69) is 26.0 Å². The zero-order chi connectivity index (χ0) is 19.4. The number of hydrogen-bond donors (Lipinski definition) is 2. The van der Waals surface area contributed by atoms with Gasteiger partial charge in [-0.3, -0.25) is 4.79 Å². The summed E-state index contributed by atoms with van der Waals surface area (Å²) in [5, 5.41) is 2.77. The Morgan fingerprint density at radius 1 is 1.22 bits per heavy atom. The van der Waals surface area contributed by atoms with Crippen molar-refractivity contribution in [2.45, 2.75) is 23.8 Å². The first-order chi connectivity index (χ1) is 12.8. The Morgan fingerprint density at radius 2 is 1.96 bits per heavy atom. The topological polar surface area (TPSA) is 84.5 Å². The van der Waals surface area contributed by atoms with Gasteiger partial charge in [0.2, 0.25) is 10.0 Å². The molecule has 9 heteroatoms. The molecular weight excluding hydrogens is 456 g/mol. The minimum atomic E-state index is -3.86. The van der Waals surface area contributed by atoms with Crippen molar-refractivity contribution < 1.29 is 17.9 Å². The highest BCUT2D eigenvalue weighted by molar-refractivity contribution is 9.10. The molecule has 0 radical (unpaired) electrons. The molecule has 0 aromatic heterocycles. The number of halogens is 2. The van der Waals surface area contributed by atoms with Crippen LogP contribution in [-0.4, -0.2) is 33.6 Å². The summed E-state index contributed by atoms with van der Waals surface area (Å²) < 4.78 is 34.0. The Labute approximate surface area is 171 Å². The van der Waals surface area contributed by atoms with Crippen LogP contribution in [0.1, 0.15) is 23.2 Å². The zero-order valence-electron chi connectivity index (χ0n) is 14.2. The molecule has 1 amide bonds. The van der Waals surface area contributed by atoms with Gasteiger partial charge < -0.3 is 10.1 Å². The standard InChI is InChI=1S/C18H18BrClN2O4S/c19-13-4-6-14(7-5-13)22-18(23)12-3-8-16(20)17(10-12)27(24,25)21-11-15-2-1-9-26-15/h3-8,10,15,21H,1-2,9,11H2,(H,22,23)/t15-/m0/s1. The molecule has 0 bridgehead atoms. The lowest BCUT2D eigenvalue weighted by Crippen LogP contribution is -2.32. The van der Waals surface area contributed by atoms with Gasteiger partial charge in [-0.15, -0.1) is 0 Å². The number of carbonyl (C=O) groups is 1. The maximum Gasteiger partial charge on any atom is 0.255 e. The van der Waals surface area contributed by atoms with Crippen LogP contribution in [0.5, 0.6) is 0 Å². The average molecular weight is 474 g/mol. The summed E-state index contributed by atoms with van der Waals surface area (Å²) in [6.45, 7) is 0.812. The third-order valence-corrected chi connectivity index (χ3v) is 6.54. The van der Waals surface area contributed by atoms with Crippen LogP contribution in [-0.2, 0) is 14.8 Å². The number of rotatable bonds is 6. The summed E-state index contributed by atoms with van der Waals surface area (Å²) in [5.41, 5.74) is 0.791. The quantitative estimate of drug-likeness (QED) is 0.668. The molecule has 1 aliphatic heterocycles. The van der Waals surface area contributed by atoms with E-state index in [-0.39, 0.29) is 28.1 Å². The van der Waals surface area contributed by atoms with Crippen molar-refractivity contribution in [1.82, 2.24) is 4.72 Å². The number of nitrogens with one attached hydrogen (secondary N) is 2. The van der Waals surface area contributed by atoms with Crippen LogP contribution in [0.2, 0.25) is 5.02 Å². The second-order valence-corrected chi connectivity index (χ2v) is 9.15. The lowest BCUT2D eigenvalue weighted by atomic mass is 10.2. The third kappa shape index (κ3) is 5.30. The molecule has 1 saturated heterocycles. The van der Waals surface area contributed by atoms with Gasteiger partial charge >= 0.3 is 0 Å². The predicted octanol–water partition coefficient (Wildman–Crippen LogP) is 3.81. The van der Waals surface area contributed by atoms with Gasteiger partial charge in [0.15, 0.2) is 0 Å². The number of anilines is 1. The fourth-order valence-electron chi connectivity index (χ4n) is 2.67. The number of amides is 1. The van der Waals surface area contributed by atoms with E-state index in [9.17, 15) is 13.2 Å². The molecule has 144 valence electrons. The van der Waals surface area contributed by atoms with Crippen LogP contribution in [0.3, 0.4) is 0 Å². The van der Waals surface area contributed by atoms with Gasteiger partial charge in [-0.2, -0.15) is 0 Å². The largest absolute Gasteiger partial charge is 0.377 e. The van der Waals surface area contributed by atoms with Crippen molar-refractivity contribution in [3.05, 3.63) is 57.5 Å². The predicted molar refractivity (Wildman–Crippen MR) is 108 cm³/mol. The Hall–Kier alpha value is -1.45. The van der Waals surface area contributed by atoms with Crippen molar-refractivity contribution in [2.75, 3.05) is 18.5 Å². The lowest BCUT2D eigenvalue weighted by Gasteiger charge is -2.13. The van der Waals surface area contributed by atoms with Gasteiger partial charge in [-0.1, -0.05) is 27.5 Å². The summed E-state index contributed by atoms with van der Waals surface area (Å²) in [5.74, 6) is -0.426. The Kier molecular flexibility index (Phi) is 6.54. The highest BCUT2D eigenvalue weighted by Gasteiger charge is 2.23. The van der Waals surface area contributed by atoms with Gasteiger partial charge in [0.25, 0.3) is 5.91 Å². The third-order valence-electron chi connectivity index (χ3n) is 4.11. The first-order valence-electron chi connectivity index (χ1n) is 8.33. The second-order valence-electron chi connectivity index (χ2n) is 6.09. The molecular formula is C18H18BrClN2O4S. The normalized spacial score (nSPS) is 17.0. The SMILES string of the molecule is O=C(Nc1ccc(Br)cc1)c1ccc(Cl)c(S(=O)(=O)NC[C@@H]2CCCO2)c1. The fraction of sp³-hybridized carbons (Fsp3) is 0.278. The van der Waals surface area contributed by atoms with Gasteiger partial charge in [-0.25, -0.2) is 13.1 Å². The molecule has 2 aromatic carbocycles. The van der Waals surface area contributed by atoms with Crippen LogP contribution in [0.15, 0.2) is 51.8 Å². The van der Waals surface area contributed by atoms with Crippen molar-refractivity contribution in [1.29, 1.82) is 0 Å². The highest BCUT2D eigenvalue weighted by Crippen LogP contribution is 2.24. The second kappa shape index (κ2) is 8.70. The number of hydrogen-bond acceptors (Lipinski definition) is 4. The van der Waals surface area contributed by atoms with Crippen molar-refractivity contribution in [2.24, 2.45) is 0 Å². The first-order valence-corrected chi connectivity index (χ1v) is 11.0. The number of carbonyl (C=O) groups excluding carboxylic acids is 1. The summed E-state index contributed by atoms with van der Waals surface area (Å²) in [6.07, 6.45) is 1.59. The summed E-state index contributed by atoms with van der Waals surface area (Å²) in [7, 11) is -3.86. The van der Waals surface area contributed by atoms with Crippen molar-refractivity contribution in [3.63, 3.8) is 0 Å². The Balaban J connectivity index is 1.76. The first kappa shape index (κ1) is 20.3. The highest BCUT2D eigenvalue weighted by atomic mass is 79.9. The molecule has 0 aliphatic carbocycles. The Morgan fingerprint density at radius 3 is 2.63 bits per heavy atom. The number of sulfonamides is 1. The van der Waals surface area contributed by atoms with E-state index in [0.29, 0.717) is 12.3 Å². The molecule has 0 unspecified atom stereocenters. The van der Waals surface area contributed by atoms with Gasteiger partial charge in [-0.05, 0) is 55.3 Å². The maximum absolute atomic E-state index is 12.6. The molecule has 0 spiro atoms. The van der Waals surface area contributed by atoms with E-state index in [1.165, 1.54) is 18.2 Å². The minimum absolute atomic E-state index is 0.0510. The van der Waals surface area contributed by atoms with E-state index in [4.69, 9.17) is 16.3 Å². The van der Waals surface area contributed by atoms with E-state index >= 15 is 0 Å². The number of ether oxygens (including phenoxy) is 1. The summed E-state index contributed by atoms with van der Waals surface area (Å²) in [4.78, 5) is 12.3. The Bertz CT molecular complexity index is 929. The smallest absolute Gasteiger partial charge is 0.255 e. The van der Waals surface area contributed by atoms with E-state index in [0.717, 1.165) is 17.3 Å². The van der Waals surface area contributed by atoms with Gasteiger partial charge in [0.1, 0.15) is 4.90 Å². The zero-order valence-corrected chi connectivity index (χ0v) is 17.4. The molecule has 6 nitrogen and oxygen atoms in total. The molecule has 2 aromatic rings. The number of benzene rings is 2. The molecule has 2 N–H and O–H groups in total. The molecule has 1 aliphatic rings. The molecule has 1 heterocycles. The molecule has 1 fully saturated rings. The van der Waals surface area contributed by atoms with Crippen LogP contribution in [0.25, 0.3) is 0 Å². The van der Waals surface area contributed by atoms with Crippen molar-refractivity contribution >= 4 is 49.1 Å². The minimum Gasteiger partial charge on any atom is -0.377 e. The van der Waals surface area contributed by atoms with Gasteiger partial charge in [0.05, 0.1) is 11.1 Å². The molecule has 27 heavy (non-hydrogen) atoms. The molecule has 0 saturated carbocycles. The summed E-state index contributed by atoms with van der Waals surface area (Å²) >= 11 is 9.40. The van der Waals surface area contributed by atoms with Gasteiger partial charge in [0, 0.05) is 28.9 Å². The monoisotopic (exact) mass is 472 g/mol. The van der Waals surface area contributed by atoms with Crippen LogP contribution in [0.4, 0.5) is 5.69 Å². The van der Waals surface area contributed by atoms with E-state index in [1.807, 2.05) is 0 Å². The van der Waals surface area contributed by atoms with Crippen LogP contribution in [0, 0.1) is 0 Å². The molecule has 3 rings (SSSR count). The maximum atomic E-state index is 12.6. The average Bonchev–Trinajstić information content (AvgIpc) is 3.16. The van der Waals surface area contributed by atoms with E-state index < -0.39 is 15.9 Å².